The quantitative estimate of drug-likeness (QED) is 0.167. The van der Waals surface area contributed by atoms with Gasteiger partial charge >= 0.3 is 0 Å². The summed E-state index contributed by atoms with van der Waals surface area (Å²) in [6.45, 7) is 3.55. The summed E-state index contributed by atoms with van der Waals surface area (Å²) >= 11 is 0. The highest BCUT2D eigenvalue weighted by atomic mass is 35.5. The Hall–Kier alpha value is -0.790. The number of nitrogens with zero attached hydrogens (tertiary/aromatic N) is 1. The van der Waals surface area contributed by atoms with Crippen LogP contribution in [0, 0.1) is 0 Å². The van der Waals surface area contributed by atoms with E-state index >= 15 is 0 Å². The van der Waals surface area contributed by atoms with Gasteiger partial charge in [0.05, 0.1) is 26.8 Å². The molecule has 0 saturated heterocycles. The predicted octanol–water partition coefficient (Wildman–Crippen LogP) is 6.08. The van der Waals surface area contributed by atoms with Crippen molar-refractivity contribution < 1.29 is 16.9 Å². The van der Waals surface area contributed by atoms with Crippen LogP contribution in [0.3, 0.4) is 0 Å². The second kappa shape index (κ2) is 21.1. The molecule has 0 aliphatic carbocycles. The van der Waals surface area contributed by atoms with E-state index in [4.69, 9.17) is 0 Å². The van der Waals surface area contributed by atoms with Crippen molar-refractivity contribution in [2.24, 2.45) is 0 Å². The van der Waals surface area contributed by atoms with E-state index in [0.29, 0.717) is 0 Å². The number of unbranched alkanes of at least 4 members (excludes halogenated alkanes) is 15. The normalized spacial score (nSPS) is 11.7. The van der Waals surface area contributed by atoms with Crippen LogP contribution in [0.2, 0.25) is 0 Å². The molecule has 1 rings (SSSR count). The van der Waals surface area contributed by atoms with Gasteiger partial charge in [-0.05, 0) is 30.9 Å². The molecule has 0 aromatic heterocycles. The van der Waals surface area contributed by atoms with Crippen LogP contribution < -0.4 is 12.4 Å². The lowest BCUT2D eigenvalue weighted by molar-refractivity contribution is -0.839. The molecule has 0 amide bonds. The average molecular weight is 450 g/mol. The molecule has 0 spiro atoms. The first-order chi connectivity index (χ1) is 14.6. The summed E-state index contributed by atoms with van der Waals surface area (Å²) in [6, 6.07) is 10.8. The maximum Gasteiger partial charge on any atom is 0.0917 e. The number of rotatable bonds is 20. The van der Waals surface area contributed by atoms with Gasteiger partial charge < -0.3 is 16.9 Å². The van der Waals surface area contributed by atoms with E-state index in [2.05, 4.69) is 63.6 Å². The summed E-state index contributed by atoms with van der Waals surface area (Å²) in [6.07, 6.45) is 28.8. The van der Waals surface area contributed by atoms with Crippen LogP contribution >= 0.6 is 0 Å². The highest BCUT2D eigenvalue weighted by molar-refractivity contribution is 5.17. The van der Waals surface area contributed by atoms with Gasteiger partial charge in [-0.2, -0.15) is 0 Å². The van der Waals surface area contributed by atoms with Gasteiger partial charge in [0.15, 0.2) is 0 Å². The van der Waals surface area contributed by atoms with Gasteiger partial charge in [0.2, 0.25) is 0 Å². The molecule has 0 unspecified atom stereocenters. The summed E-state index contributed by atoms with van der Waals surface area (Å²) < 4.78 is 1.01. The lowest BCUT2D eigenvalue weighted by Crippen LogP contribution is -3.00. The van der Waals surface area contributed by atoms with Gasteiger partial charge in [0.25, 0.3) is 0 Å². The van der Waals surface area contributed by atoms with Gasteiger partial charge in [0.1, 0.15) is 0 Å². The Bertz CT molecular complexity index is 509. The summed E-state index contributed by atoms with van der Waals surface area (Å²) in [4.78, 5) is 0. The standard InChI is InChI=1S/C29H52N.ClH/c1-4-5-6-7-8-9-10-11-12-13-14-15-16-17-18-22-27-30(2,3)28-23-26-29-24-20-19-21-25-29;/h19-21,23-25,28H,4-18,22,26-27H2,1-3H3;1H/q+1;/p-1. The van der Waals surface area contributed by atoms with Crippen molar-refractivity contribution in [3.8, 4) is 0 Å². The minimum Gasteiger partial charge on any atom is -1.00 e. The molecule has 0 atom stereocenters. The second-order valence-electron chi connectivity index (χ2n) is 9.88. The van der Waals surface area contributed by atoms with Crippen molar-refractivity contribution in [3.63, 3.8) is 0 Å². The van der Waals surface area contributed by atoms with E-state index in [0.717, 1.165) is 10.9 Å². The van der Waals surface area contributed by atoms with E-state index in [1.165, 1.54) is 115 Å². The Labute approximate surface area is 201 Å². The van der Waals surface area contributed by atoms with E-state index < -0.39 is 0 Å². The first-order valence-electron chi connectivity index (χ1n) is 13.2. The molecule has 2 heteroatoms. The Morgan fingerprint density at radius 3 is 1.48 bits per heavy atom. The van der Waals surface area contributed by atoms with Crippen molar-refractivity contribution in [1.82, 2.24) is 0 Å². The first-order valence-corrected chi connectivity index (χ1v) is 13.2. The van der Waals surface area contributed by atoms with Crippen LogP contribution in [-0.2, 0) is 6.42 Å². The van der Waals surface area contributed by atoms with Gasteiger partial charge in [-0.25, -0.2) is 0 Å². The van der Waals surface area contributed by atoms with Crippen LogP contribution in [0.1, 0.15) is 115 Å². The number of quaternary nitrogens is 1. The number of hydrogen-bond acceptors (Lipinski definition) is 0. The third-order valence-electron chi connectivity index (χ3n) is 6.29. The smallest absolute Gasteiger partial charge is 0.0917 e. The summed E-state index contributed by atoms with van der Waals surface area (Å²) in [5.41, 5.74) is 1.40. The third kappa shape index (κ3) is 19.6. The van der Waals surface area contributed by atoms with E-state index in [1.54, 1.807) is 0 Å². The van der Waals surface area contributed by atoms with Crippen LogP contribution in [0.25, 0.3) is 0 Å². The number of benzene rings is 1. The molecule has 0 heterocycles. The monoisotopic (exact) mass is 449 g/mol. The largest absolute Gasteiger partial charge is 1.00 e. The molecule has 180 valence electrons. The second-order valence-corrected chi connectivity index (χ2v) is 9.88. The fourth-order valence-corrected chi connectivity index (χ4v) is 4.23. The highest BCUT2D eigenvalue weighted by Crippen LogP contribution is 2.14. The minimum atomic E-state index is 0. The van der Waals surface area contributed by atoms with Crippen molar-refractivity contribution in [2.45, 2.75) is 116 Å². The Kier molecular flexibility index (Phi) is 20.5. The minimum absolute atomic E-state index is 0. The van der Waals surface area contributed by atoms with E-state index in [-0.39, 0.29) is 12.4 Å². The molecule has 0 aliphatic rings. The molecule has 0 saturated carbocycles. The molecule has 0 N–H and O–H groups in total. The molecule has 0 aliphatic heterocycles. The third-order valence-corrected chi connectivity index (χ3v) is 6.29. The zero-order chi connectivity index (χ0) is 21.8. The summed E-state index contributed by atoms with van der Waals surface area (Å²) in [5, 5.41) is 0. The van der Waals surface area contributed by atoms with Gasteiger partial charge in [-0.15, -0.1) is 0 Å². The van der Waals surface area contributed by atoms with Crippen LogP contribution in [-0.4, -0.2) is 25.1 Å². The Balaban J connectivity index is 0.00000900. The molecule has 0 fully saturated rings. The lowest BCUT2D eigenvalue weighted by Gasteiger charge is -2.25. The lowest BCUT2D eigenvalue weighted by atomic mass is 10.0. The number of hydrogen-bond donors (Lipinski definition) is 0. The topological polar surface area (TPSA) is 0 Å². The molecule has 1 nitrogen and oxygen atoms in total. The van der Waals surface area contributed by atoms with Crippen LogP contribution in [0.15, 0.2) is 42.6 Å². The fourth-order valence-electron chi connectivity index (χ4n) is 4.23. The predicted molar refractivity (Wildman–Crippen MR) is 136 cm³/mol. The van der Waals surface area contributed by atoms with Crippen molar-refractivity contribution in [2.75, 3.05) is 20.6 Å². The maximum atomic E-state index is 2.37. The van der Waals surface area contributed by atoms with Gasteiger partial charge in [-0.3, -0.25) is 0 Å². The molecule has 31 heavy (non-hydrogen) atoms. The fraction of sp³-hybridized carbons (Fsp3) is 0.724. The van der Waals surface area contributed by atoms with Crippen molar-refractivity contribution in [1.29, 1.82) is 0 Å². The molecular formula is C29H52ClN. The first kappa shape index (κ1) is 30.2. The van der Waals surface area contributed by atoms with Gasteiger partial charge in [-0.1, -0.05) is 127 Å². The molecule has 0 radical (unpaired) electrons. The Morgan fingerprint density at radius 2 is 1.03 bits per heavy atom. The van der Waals surface area contributed by atoms with Crippen molar-refractivity contribution in [3.05, 3.63) is 48.2 Å². The zero-order valence-electron chi connectivity index (χ0n) is 21.1. The SMILES string of the molecule is CCCCCCCCCCCCCCCCCC[N+](C)(C)C=CCc1ccccc1.[Cl-]. The molecule has 1 aromatic carbocycles. The van der Waals surface area contributed by atoms with Crippen LogP contribution in [0.4, 0.5) is 0 Å². The molecular weight excluding hydrogens is 398 g/mol. The number of halogens is 1. The van der Waals surface area contributed by atoms with Gasteiger partial charge in [0, 0.05) is 0 Å². The average Bonchev–Trinajstić information content (AvgIpc) is 2.74. The van der Waals surface area contributed by atoms with Crippen molar-refractivity contribution >= 4 is 0 Å². The molecule has 0 bridgehead atoms. The highest BCUT2D eigenvalue weighted by Gasteiger charge is 2.09. The van der Waals surface area contributed by atoms with Crippen LogP contribution in [0.5, 0.6) is 0 Å². The Morgan fingerprint density at radius 1 is 0.613 bits per heavy atom. The maximum absolute atomic E-state index is 2.37. The van der Waals surface area contributed by atoms with E-state index in [1.807, 2.05) is 0 Å². The van der Waals surface area contributed by atoms with E-state index in [9.17, 15) is 0 Å². The zero-order valence-corrected chi connectivity index (χ0v) is 21.9. The number of allylic oxidation sites excluding steroid dienone is 1. The molecule has 1 aromatic rings. The summed E-state index contributed by atoms with van der Waals surface area (Å²) in [5.74, 6) is 0. The summed E-state index contributed by atoms with van der Waals surface area (Å²) in [7, 11) is 4.65.